The number of rotatable bonds is 1. The molecule has 1 N–H and O–H groups in total. The molecule has 0 atom stereocenters. The van der Waals surface area contributed by atoms with Crippen molar-refractivity contribution in [1.82, 2.24) is 0 Å². The molecule has 0 saturated heterocycles. The normalized spacial score (nSPS) is 12.4. The Morgan fingerprint density at radius 1 is 1.30 bits per heavy atom. The fourth-order valence-corrected chi connectivity index (χ4v) is 0.358. The average molecular weight is 174 g/mol. The Kier molecular flexibility index (Phi) is 4.63. The van der Waals surface area contributed by atoms with Crippen molar-refractivity contribution in [1.29, 1.82) is 0 Å². The van der Waals surface area contributed by atoms with Gasteiger partial charge in [0.25, 0.3) is 0 Å². The maximum atomic E-state index is 10.8. The maximum absolute atomic E-state index is 10.8. The molecular formula is CH2F3LiO4S. The monoisotopic (exact) mass is 174 g/mol. The summed E-state index contributed by atoms with van der Waals surface area (Å²) in [6, 6.07) is 0. The molecule has 0 amide bonds. The second-order valence-electron chi connectivity index (χ2n) is 0.957. The van der Waals surface area contributed by atoms with E-state index in [2.05, 4.69) is 4.18 Å². The van der Waals surface area contributed by atoms with Gasteiger partial charge in [0.1, 0.15) is 0 Å². The van der Waals surface area contributed by atoms with E-state index in [9.17, 15) is 21.6 Å². The van der Waals surface area contributed by atoms with Crippen LogP contribution in [-0.2, 0) is 14.6 Å². The molecule has 0 bridgehead atoms. The van der Waals surface area contributed by atoms with E-state index in [4.69, 9.17) is 4.55 Å². The molecular weight excluding hydrogens is 172 g/mol. The molecule has 0 fully saturated rings. The van der Waals surface area contributed by atoms with Gasteiger partial charge in [-0.15, -0.1) is 17.4 Å². The minimum atomic E-state index is -5.41. The van der Waals surface area contributed by atoms with Crippen molar-refractivity contribution in [3.8, 4) is 0 Å². The van der Waals surface area contributed by atoms with Gasteiger partial charge in [0.05, 0.1) is 0 Å². The summed E-state index contributed by atoms with van der Waals surface area (Å²) in [5.41, 5.74) is 0. The molecule has 0 aromatic heterocycles. The predicted molar refractivity (Wildman–Crippen MR) is 25.8 cm³/mol. The first kappa shape index (κ1) is 12.9. The molecule has 0 aliphatic rings. The van der Waals surface area contributed by atoms with Crippen molar-refractivity contribution >= 4 is 29.3 Å². The molecule has 0 saturated carbocycles. The number of halogens is 3. The van der Waals surface area contributed by atoms with Crippen LogP contribution in [0.15, 0.2) is 0 Å². The Balaban J connectivity index is 0. The first-order valence-corrected chi connectivity index (χ1v) is 2.82. The summed E-state index contributed by atoms with van der Waals surface area (Å²) < 4.78 is 60.4. The van der Waals surface area contributed by atoms with Crippen molar-refractivity contribution in [2.24, 2.45) is 0 Å². The summed E-state index contributed by atoms with van der Waals surface area (Å²) in [5, 5.41) is 0. The van der Waals surface area contributed by atoms with Crippen LogP contribution >= 0.6 is 0 Å². The standard InChI is InChI=1S/CHF3O4S.Li.H/c2-1(3,4)8-9(5,6)7;;/h(H,5,6,7);;. The van der Waals surface area contributed by atoms with Crippen molar-refractivity contribution < 1.29 is 30.3 Å². The molecule has 0 aromatic carbocycles. The van der Waals surface area contributed by atoms with Gasteiger partial charge in [0.2, 0.25) is 0 Å². The summed E-state index contributed by atoms with van der Waals surface area (Å²) in [7, 11) is -5.41. The van der Waals surface area contributed by atoms with E-state index in [0.29, 0.717) is 0 Å². The molecule has 0 spiro atoms. The first-order valence-electron chi connectivity index (χ1n) is 1.45. The summed E-state index contributed by atoms with van der Waals surface area (Å²) in [4.78, 5) is 0. The summed E-state index contributed by atoms with van der Waals surface area (Å²) in [6.07, 6.45) is -5.35. The van der Waals surface area contributed by atoms with Gasteiger partial charge in [0.15, 0.2) is 0 Å². The van der Waals surface area contributed by atoms with Crippen LogP contribution in [0.1, 0.15) is 0 Å². The average Bonchev–Trinajstić information content (AvgIpc) is 1.14. The van der Waals surface area contributed by atoms with Gasteiger partial charge in [-0.3, -0.25) is 4.55 Å². The molecule has 0 heterocycles. The molecule has 9 heteroatoms. The third-order valence-corrected chi connectivity index (χ3v) is 0.599. The Morgan fingerprint density at radius 2 is 1.60 bits per heavy atom. The van der Waals surface area contributed by atoms with Crippen LogP contribution in [0.4, 0.5) is 13.2 Å². The van der Waals surface area contributed by atoms with Crippen molar-refractivity contribution in [2.45, 2.75) is 6.36 Å². The van der Waals surface area contributed by atoms with Gasteiger partial charge in [0, 0.05) is 0 Å². The quantitative estimate of drug-likeness (QED) is 0.437. The van der Waals surface area contributed by atoms with Crippen LogP contribution in [0.5, 0.6) is 0 Å². The second kappa shape index (κ2) is 3.59. The molecule has 10 heavy (non-hydrogen) atoms. The predicted octanol–water partition coefficient (Wildman–Crippen LogP) is -0.323. The van der Waals surface area contributed by atoms with Crippen LogP contribution in [0, 0.1) is 0 Å². The molecule has 0 aliphatic heterocycles. The Labute approximate surface area is 66.5 Å². The molecule has 0 aromatic rings. The van der Waals surface area contributed by atoms with E-state index in [-0.39, 0.29) is 18.9 Å². The van der Waals surface area contributed by atoms with Crippen LogP contribution in [-0.4, -0.2) is 38.2 Å². The third kappa shape index (κ3) is 11.1. The molecule has 4 nitrogen and oxygen atoms in total. The Morgan fingerprint density at radius 3 is 1.60 bits per heavy atom. The minimum absolute atomic E-state index is 0. The molecule has 58 valence electrons. The van der Waals surface area contributed by atoms with Crippen molar-refractivity contribution in [2.75, 3.05) is 0 Å². The van der Waals surface area contributed by atoms with E-state index in [1.807, 2.05) is 0 Å². The van der Waals surface area contributed by atoms with Crippen LogP contribution in [0.3, 0.4) is 0 Å². The fourth-order valence-electron chi connectivity index (χ4n) is 0.119. The summed E-state index contributed by atoms with van der Waals surface area (Å²) >= 11 is 0. The molecule has 0 aliphatic carbocycles. The zero-order valence-corrected chi connectivity index (χ0v) is 4.53. The zero-order valence-electron chi connectivity index (χ0n) is 3.71. The number of hydrogen-bond donors (Lipinski definition) is 1. The van der Waals surface area contributed by atoms with E-state index >= 15 is 0 Å². The Bertz CT molecular complexity index is 181. The summed E-state index contributed by atoms with van der Waals surface area (Å²) in [6.45, 7) is 0. The third-order valence-electron chi connectivity index (χ3n) is 0.200. The number of alkyl halides is 3. The van der Waals surface area contributed by atoms with Gasteiger partial charge >= 0.3 is 35.6 Å². The zero-order chi connectivity index (χ0) is 7.71. The van der Waals surface area contributed by atoms with Crippen LogP contribution in [0.25, 0.3) is 0 Å². The van der Waals surface area contributed by atoms with Crippen LogP contribution < -0.4 is 0 Å². The SMILES string of the molecule is O=S(=O)(O)OC(F)(F)F.[LiH]. The van der Waals surface area contributed by atoms with Crippen LogP contribution in [0.2, 0.25) is 0 Å². The van der Waals surface area contributed by atoms with Gasteiger partial charge in [-0.25, -0.2) is 0 Å². The van der Waals surface area contributed by atoms with Crippen molar-refractivity contribution in [3.63, 3.8) is 0 Å². The van der Waals surface area contributed by atoms with Gasteiger partial charge in [-0.2, -0.15) is 8.42 Å². The molecule has 0 rings (SSSR count). The van der Waals surface area contributed by atoms with Gasteiger partial charge in [-0.1, -0.05) is 0 Å². The van der Waals surface area contributed by atoms with Gasteiger partial charge < -0.3 is 0 Å². The first-order chi connectivity index (χ1) is 3.71. The van der Waals surface area contributed by atoms with E-state index in [0.717, 1.165) is 0 Å². The molecule has 0 unspecified atom stereocenters. The van der Waals surface area contributed by atoms with Crippen molar-refractivity contribution in [3.05, 3.63) is 0 Å². The van der Waals surface area contributed by atoms with E-state index in [1.54, 1.807) is 0 Å². The van der Waals surface area contributed by atoms with E-state index < -0.39 is 16.8 Å². The number of hydrogen-bond acceptors (Lipinski definition) is 3. The second-order valence-corrected chi connectivity index (χ2v) is 1.98. The Hall–Kier alpha value is 0.257. The topological polar surface area (TPSA) is 63.6 Å². The fraction of sp³-hybridized carbons (Fsp3) is 1.00. The van der Waals surface area contributed by atoms with Gasteiger partial charge in [-0.05, 0) is 0 Å². The summed E-state index contributed by atoms with van der Waals surface area (Å²) in [5.74, 6) is 0. The van der Waals surface area contributed by atoms with E-state index in [1.165, 1.54) is 0 Å². The molecule has 0 radical (unpaired) electrons.